The maximum absolute atomic E-state index is 11.7. The summed E-state index contributed by atoms with van der Waals surface area (Å²) in [4.78, 5) is 10.3. The van der Waals surface area contributed by atoms with Crippen LogP contribution in [0.2, 0.25) is 5.02 Å². The van der Waals surface area contributed by atoms with Gasteiger partial charge in [-0.1, -0.05) is 11.6 Å². The van der Waals surface area contributed by atoms with E-state index in [1.807, 2.05) is 0 Å². The summed E-state index contributed by atoms with van der Waals surface area (Å²) in [6.07, 6.45) is -4.92. The summed E-state index contributed by atoms with van der Waals surface area (Å²) < 4.78 is 62.0. The largest absolute Gasteiger partial charge is 0.522 e. The van der Waals surface area contributed by atoms with Gasteiger partial charge in [-0.2, -0.15) is 0 Å². The number of hydrogen-bond acceptors (Lipinski definition) is 4. The maximum Gasteiger partial charge on any atom is 0.522 e. The van der Waals surface area contributed by atoms with Crippen molar-refractivity contribution in [2.75, 3.05) is 12.4 Å². The smallest absolute Gasteiger partial charge is 0.478 e. The van der Waals surface area contributed by atoms with E-state index in [0.717, 1.165) is 18.2 Å². The quantitative estimate of drug-likeness (QED) is 0.895. The fraction of sp³-hybridized carbons (Fsp3) is 0.300. The van der Waals surface area contributed by atoms with Crippen LogP contribution in [0, 0.1) is 0 Å². The van der Waals surface area contributed by atoms with Crippen LogP contribution >= 0.6 is 11.6 Å². The first kappa shape index (κ1) is 16.7. The number of carboxylic acid groups (broad SMARTS) is 1. The Labute approximate surface area is 116 Å². The standard InChI is InChI=1S/C10H8ClF3O5S/c11-8-5-6(1-2-7(8)9(15)16)20(17,18)4-3-19-10(12,13)14/h1-2,5H,3-4H2,(H,15,16). The highest BCUT2D eigenvalue weighted by Crippen LogP contribution is 2.22. The van der Waals surface area contributed by atoms with E-state index < -0.39 is 34.5 Å². The van der Waals surface area contributed by atoms with Gasteiger partial charge >= 0.3 is 12.3 Å². The average Bonchev–Trinajstić information content (AvgIpc) is 2.26. The summed E-state index contributed by atoms with van der Waals surface area (Å²) in [5.74, 6) is -2.26. The number of halogens is 4. The highest BCUT2D eigenvalue weighted by atomic mass is 35.5. The Morgan fingerprint density at radius 2 is 1.95 bits per heavy atom. The number of benzene rings is 1. The van der Waals surface area contributed by atoms with Crippen LogP contribution in [-0.2, 0) is 14.6 Å². The molecule has 0 saturated carbocycles. The number of aromatic carboxylic acids is 1. The molecule has 0 aliphatic rings. The number of ether oxygens (including phenoxy) is 1. The number of carbonyl (C=O) groups is 1. The molecule has 0 unspecified atom stereocenters. The Bertz CT molecular complexity index is 612. The summed E-state index contributed by atoms with van der Waals surface area (Å²) in [5, 5.41) is 8.39. The second kappa shape index (κ2) is 5.98. The van der Waals surface area contributed by atoms with Gasteiger partial charge in [-0.05, 0) is 18.2 Å². The first-order chi connectivity index (χ1) is 9.03. The Hall–Kier alpha value is -1.32. The van der Waals surface area contributed by atoms with E-state index in [1.165, 1.54) is 0 Å². The van der Waals surface area contributed by atoms with Gasteiger partial charge < -0.3 is 5.11 Å². The molecule has 0 fully saturated rings. The molecule has 20 heavy (non-hydrogen) atoms. The molecule has 0 atom stereocenters. The van der Waals surface area contributed by atoms with Crippen molar-refractivity contribution in [1.82, 2.24) is 0 Å². The topological polar surface area (TPSA) is 80.7 Å². The molecule has 1 rings (SSSR count). The van der Waals surface area contributed by atoms with Crippen molar-refractivity contribution in [3.05, 3.63) is 28.8 Å². The summed E-state index contributed by atoms with van der Waals surface area (Å²) in [6.45, 7) is -1.07. The lowest BCUT2D eigenvalue weighted by atomic mass is 10.2. The highest BCUT2D eigenvalue weighted by molar-refractivity contribution is 7.91. The molecule has 10 heteroatoms. The van der Waals surface area contributed by atoms with E-state index in [1.54, 1.807) is 0 Å². The molecule has 0 aromatic heterocycles. The van der Waals surface area contributed by atoms with Crippen LogP contribution < -0.4 is 0 Å². The number of alkyl halides is 3. The van der Waals surface area contributed by atoms with E-state index in [0.29, 0.717) is 0 Å². The zero-order valence-electron chi connectivity index (χ0n) is 9.65. The van der Waals surface area contributed by atoms with Gasteiger partial charge in [-0.3, -0.25) is 4.74 Å². The zero-order valence-corrected chi connectivity index (χ0v) is 11.2. The maximum atomic E-state index is 11.7. The van der Waals surface area contributed by atoms with Gasteiger partial charge in [-0.25, -0.2) is 13.2 Å². The molecule has 0 heterocycles. The van der Waals surface area contributed by atoms with Crippen LogP contribution in [0.5, 0.6) is 0 Å². The van der Waals surface area contributed by atoms with Crippen molar-refractivity contribution in [3.63, 3.8) is 0 Å². The van der Waals surface area contributed by atoms with E-state index in [4.69, 9.17) is 16.7 Å². The molecule has 0 spiro atoms. The van der Waals surface area contributed by atoms with Crippen LogP contribution in [0.3, 0.4) is 0 Å². The van der Waals surface area contributed by atoms with Crippen molar-refractivity contribution in [2.24, 2.45) is 0 Å². The minimum atomic E-state index is -4.92. The molecule has 1 aromatic rings. The zero-order chi connectivity index (χ0) is 15.6. The molecule has 0 saturated heterocycles. The molecule has 0 aliphatic heterocycles. The third kappa shape index (κ3) is 4.66. The minimum Gasteiger partial charge on any atom is -0.478 e. The molecule has 0 bridgehead atoms. The van der Waals surface area contributed by atoms with Crippen molar-refractivity contribution >= 4 is 27.4 Å². The van der Waals surface area contributed by atoms with E-state index in [9.17, 15) is 26.4 Å². The van der Waals surface area contributed by atoms with E-state index >= 15 is 0 Å². The Kier molecular flexibility index (Phi) is 5.00. The van der Waals surface area contributed by atoms with Gasteiger partial charge in [0.15, 0.2) is 9.84 Å². The second-order valence-electron chi connectivity index (χ2n) is 3.56. The van der Waals surface area contributed by atoms with Gasteiger partial charge in [-0.15, -0.1) is 13.2 Å². The van der Waals surface area contributed by atoms with Crippen molar-refractivity contribution in [1.29, 1.82) is 0 Å². The van der Waals surface area contributed by atoms with Crippen molar-refractivity contribution < 1.29 is 36.2 Å². The Morgan fingerprint density at radius 1 is 1.35 bits per heavy atom. The van der Waals surface area contributed by atoms with Crippen LogP contribution in [0.25, 0.3) is 0 Å². The van der Waals surface area contributed by atoms with E-state index in [2.05, 4.69) is 4.74 Å². The molecule has 0 radical (unpaired) electrons. The van der Waals surface area contributed by atoms with E-state index in [-0.39, 0.29) is 15.5 Å². The van der Waals surface area contributed by atoms with Gasteiger partial charge in [0.05, 0.1) is 27.8 Å². The number of sulfone groups is 1. The van der Waals surface area contributed by atoms with Crippen LogP contribution in [0.4, 0.5) is 13.2 Å². The Morgan fingerprint density at radius 3 is 2.40 bits per heavy atom. The second-order valence-corrected chi connectivity index (χ2v) is 6.08. The predicted octanol–water partition coefficient (Wildman–Crippen LogP) is 2.35. The predicted molar refractivity (Wildman–Crippen MR) is 62.5 cm³/mol. The first-order valence-corrected chi connectivity index (χ1v) is 7.02. The number of hydrogen-bond donors (Lipinski definition) is 1. The third-order valence-electron chi connectivity index (χ3n) is 2.15. The Balaban J connectivity index is 2.88. The van der Waals surface area contributed by atoms with Crippen molar-refractivity contribution in [3.8, 4) is 0 Å². The lowest BCUT2D eigenvalue weighted by Gasteiger charge is -2.08. The highest BCUT2D eigenvalue weighted by Gasteiger charge is 2.30. The molecule has 5 nitrogen and oxygen atoms in total. The first-order valence-electron chi connectivity index (χ1n) is 4.99. The fourth-order valence-corrected chi connectivity index (χ4v) is 2.68. The lowest BCUT2D eigenvalue weighted by Crippen LogP contribution is -2.20. The van der Waals surface area contributed by atoms with Gasteiger partial charge in [0.2, 0.25) is 0 Å². The van der Waals surface area contributed by atoms with Gasteiger partial charge in [0.25, 0.3) is 0 Å². The fourth-order valence-electron chi connectivity index (χ4n) is 1.25. The molecule has 0 aliphatic carbocycles. The van der Waals surface area contributed by atoms with Crippen LogP contribution in [0.15, 0.2) is 23.1 Å². The summed E-state index contributed by atoms with van der Waals surface area (Å²) in [7, 11) is -4.05. The monoisotopic (exact) mass is 332 g/mol. The van der Waals surface area contributed by atoms with Gasteiger partial charge in [0, 0.05) is 0 Å². The lowest BCUT2D eigenvalue weighted by molar-refractivity contribution is -0.322. The summed E-state index contributed by atoms with van der Waals surface area (Å²) in [6, 6.07) is 2.79. The molecule has 1 aromatic carbocycles. The van der Waals surface area contributed by atoms with Crippen LogP contribution in [0.1, 0.15) is 10.4 Å². The molecule has 112 valence electrons. The molecular formula is C10H8ClF3O5S. The normalized spacial score (nSPS) is 12.4. The third-order valence-corrected chi connectivity index (χ3v) is 4.14. The summed E-state index contributed by atoms with van der Waals surface area (Å²) >= 11 is 5.58. The SMILES string of the molecule is O=C(O)c1ccc(S(=O)(=O)CCOC(F)(F)F)cc1Cl. The van der Waals surface area contributed by atoms with Crippen molar-refractivity contribution in [2.45, 2.75) is 11.3 Å². The average molecular weight is 333 g/mol. The van der Waals surface area contributed by atoms with Gasteiger partial charge in [0.1, 0.15) is 0 Å². The molecule has 1 N–H and O–H groups in total. The minimum absolute atomic E-state index is 0.308. The number of rotatable bonds is 5. The molecule has 0 amide bonds. The number of carboxylic acids is 1. The molecular weight excluding hydrogens is 325 g/mol. The summed E-state index contributed by atoms with van der Waals surface area (Å²) in [5.41, 5.74) is -0.308. The van der Waals surface area contributed by atoms with Crippen LogP contribution in [-0.4, -0.2) is 38.2 Å².